The molecule has 0 spiro atoms. The lowest BCUT2D eigenvalue weighted by atomic mass is 9.80. The number of fused-ring (bicyclic) bond motifs is 1. The van der Waals surface area contributed by atoms with Gasteiger partial charge >= 0.3 is 0 Å². The maximum atomic E-state index is 12.1. The second-order valence-electron chi connectivity index (χ2n) is 13.3. The minimum Gasteiger partial charge on any atom is -0.401 e. The maximum Gasteiger partial charge on any atom is 0.203 e. The van der Waals surface area contributed by atoms with Gasteiger partial charge in [-0.25, -0.2) is 8.42 Å². The van der Waals surface area contributed by atoms with Crippen molar-refractivity contribution >= 4 is 39.3 Å². The number of ketones is 1. The first-order valence-electron chi connectivity index (χ1n) is 16.2. The molecule has 3 rings (SSSR count). The van der Waals surface area contributed by atoms with Crippen LogP contribution in [0.4, 0.5) is 11.4 Å². The highest BCUT2D eigenvalue weighted by Gasteiger charge is 2.40. The zero-order valence-electron chi connectivity index (χ0n) is 28.7. The quantitative estimate of drug-likeness (QED) is 0.0990. The normalized spacial score (nSPS) is 16.8. The van der Waals surface area contributed by atoms with E-state index in [0.29, 0.717) is 22.8 Å². The summed E-state index contributed by atoms with van der Waals surface area (Å²) in [7, 11) is 0. The lowest BCUT2D eigenvalue weighted by molar-refractivity contribution is -0.122. The Morgan fingerprint density at radius 2 is 1.80 bits per heavy atom. The van der Waals surface area contributed by atoms with E-state index in [9.17, 15) is 17.8 Å². The molecule has 0 bridgehead atoms. The molecule has 0 amide bonds. The number of nitrogens with one attached hydrogen (secondary N) is 1. The average molecular weight is 669 g/mol. The van der Waals surface area contributed by atoms with Crippen LogP contribution in [0.5, 0.6) is 5.75 Å². The van der Waals surface area contributed by atoms with Crippen LogP contribution in [0.25, 0.3) is 0 Å². The van der Waals surface area contributed by atoms with Gasteiger partial charge in [-0.15, -0.1) is 0 Å². The number of carbonyl (C=O) groups is 1. The molecule has 2 unspecified atom stereocenters. The molecular formula is C37H52N2O5S2. The van der Waals surface area contributed by atoms with E-state index in [1.165, 1.54) is 6.26 Å². The molecule has 1 aliphatic heterocycles. The third kappa shape index (κ3) is 9.75. The molecule has 7 nitrogen and oxygen atoms in total. The summed E-state index contributed by atoms with van der Waals surface area (Å²) in [5.74, 6) is 0.982. The first-order valence-corrected chi connectivity index (χ1v) is 18.8. The topological polar surface area (TPSA) is 95.9 Å². The smallest absolute Gasteiger partial charge is 0.203 e. The van der Waals surface area contributed by atoms with E-state index >= 15 is 0 Å². The molecule has 252 valence electrons. The summed E-state index contributed by atoms with van der Waals surface area (Å²) in [6, 6.07) is 11.3. The molecule has 1 heterocycles. The lowest BCUT2D eigenvalue weighted by Crippen LogP contribution is -2.27. The van der Waals surface area contributed by atoms with E-state index < -0.39 is 22.2 Å². The molecule has 2 aromatic carbocycles. The Hall–Kier alpha value is -3.01. The molecule has 46 heavy (non-hydrogen) atoms. The maximum absolute atomic E-state index is 12.1. The molecule has 2 atom stereocenters. The summed E-state index contributed by atoms with van der Waals surface area (Å²) in [5.41, 5.74) is 4.81. The van der Waals surface area contributed by atoms with Gasteiger partial charge in [-0.05, 0) is 85.2 Å². The van der Waals surface area contributed by atoms with Crippen LogP contribution in [-0.4, -0.2) is 38.1 Å². The predicted octanol–water partition coefficient (Wildman–Crippen LogP) is 8.62. The number of anilines is 2. The fourth-order valence-corrected chi connectivity index (χ4v) is 6.69. The van der Waals surface area contributed by atoms with Crippen molar-refractivity contribution in [3.05, 3.63) is 83.6 Å². The Bertz CT molecular complexity index is 1510. The molecule has 0 saturated heterocycles. The van der Waals surface area contributed by atoms with Gasteiger partial charge in [0.1, 0.15) is 11.5 Å². The minimum atomic E-state index is -2.05. The molecule has 2 N–H and O–H groups in total. The van der Waals surface area contributed by atoms with Crippen LogP contribution in [0.15, 0.2) is 77.4 Å². The average Bonchev–Trinajstić information content (AvgIpc) is 3.19. The number of unbranched alkanes of at least 4 members (excludes halogenated alkanes) is 2. The van der Waals surface area contributed by atoms with Crippen molar-refractivity contribution in [2.75, 3.05) is 29.6 Å². The van der Waals surface area contributed by atoms with Gasteiger partial charge in [0.25, 0.3) is 0 Å². The van der Waals surface area contributed by atoms with Crippen LogP contribution in [-0.2, 0) is 37.8 Å². The SMILES string of the molecule is CCNc1ccc(OS(C)=O)cc1C(C)(C)C/C=C/C=C/C=C1/N(CCCCCC(=O)C(C)C)c2ccc(S(=O)O)cc2C1(C)C. The Kier molecular flexibility index (Phi) is 13.6. The van der Waals surface area contributed by atoms with E-state index in [-0.39, 0.29) is 16.7 Å². The Labute approximate surface area is 281 Å². The van der Waals surface area contributed by atoms with Crippen LogP contribution < -0.4 is 14.4 Å². The molecule has 0 fully saturated rings. The van der Waals surface area contributed by atoms with Crippen LogP contribution in [0, 0.1) is 5.92 Å². The van der Waals surface area contributed by atoms with Crippen LogP contribution in [0.2, 0.25) is 0 Å². The molecule has 9 heteroatoms. The van der Waals surface area contributed by atoms with Crippen molar-refractivity contribution < 1.29 is 21.9 Å². The molecule has 0 radical (unpaired) electrons. The third-order valence-corrected chi connectivity index (χ3v) is 9.64. The first-order chi connectivity index (χ1) is 21.7. The van der Waals surface area contributed by atoms with Gasteiger partial charge in [-0.3, -0.25) is 4.79 Å². The molecule has 2 aromatic rings. The highest BCUT2D eigenvalue weighted by molar-refractivity contribution is 7.79. The molecule has 1 aliphatic rings. The van der Waals surface area contributed by atoms with Gasteiger partial charge in [0.15, 0.2) is 11.1 Å². The molecule has 0 aromatic heterocycles. The van der Waals surface area contributed by atoms with E-state index in [0.717, 1.165) is 67.0 Å². The number of hydrogen-bond acceptors (Lipinski definition) is 6. The van der Waals surface area contributed by atoms with Gasteiger partial charge in [0.05, 0.1) is 4.90 Å². The van der Waals surface area contributed by atoms with E-state index in [1.54, 1.807) is 6.07 Å². The second kappa shape index (κ2) is 16.7. The summed E-state index contributed by atoms with van der Waals surface area (Å²) in [6.07, 6.45) is 16.2. The zero-order chi connectivity index (χ0) is 34.1. The Morgan fingerprint density at radius 3 is 2.46 bits per heavy atom. The van der Waals surface area contributed by atoms with E-state index in [2.05, 4.69) is 69.1 Å². The highest BCUT2D eigenvalue weighted by Crippen LogP contribution is 2.48. The van der Waals surface area contributed by atoms with Gasteiger partial charge in [-0.2, -0.15) is 0 Å². The molecule has 0 aliphatic carbocycles. The van der Waals surface area contributed by atoms with Gasteiger partial charge < -0.3 is 19.0 Å². The highest BCUT2D eigenvalue weighted by atomic mass is 32.2. The van der Waals surface area contributed by atoms with E-state index in [4.69, 9.17) is 4.18 Å². The summed E-state index contributed by atoms with van der Waals surface area (Å²) in [5, 5.41) is 3.44. The predicted molar refractivity (Wildman–Crippen MR) is 193 cm³/mol. The third-order valence-electron chi connectivity index (χ3n) is 8.56. The van der Waals surface area contributed by atoms with Crippen molar-refractivity contribution in [3.63, 3.8) is 0 Å². The minimum absolute atomic E-state index is 0.0779. The number of nitrogens with zero attached hydrogens (tertiary/aromatic N) is 1. The molecular weight excluding hydrogens is 617 g/mol. The summed E-state index contributed by atoms with van der Waals surface area (Å²) >= 11 is -3.44. The van der Waals surface area contributed by atoms with Crippen molar-refractivity contribution in [1.29, 1.82) is 0 Å². The fourth-order valence-electron chi connectivity index (χ4n) is 5.92. The van der Waals surface area contributed by atoms with Gasteiger partial charge in [0, 0.05) is 54.2 Å². The Morgan fingerprint density at radius 1 is 1.07 bits per heavy atom. The number of hydrogen-bond donors (Lipinski definition) is 2. The Balaban J connectivity index is 1.79. The number of allylic oxidation sites excluding steroid dienone is 6. The largest absolute Gasteiger partial charge is 0.401 e. The molecule has 0 saturated carbocycles. The van der Waals surface area contributed by atoms with E-state index in [1.807, 2.05) is 50.3 Å². The van der Waals surface area contributed by atoms with Crippen molar-refractivity contribution in [3.8, 4) is 5.75 Å². The lowest BCUT2D eigenvalue weighted by Gasteiger charge is -2.27. The zero-order valence-corrected chi connectivity index (χ0v) is 30.4. The number of carbonyl (C=O) groups excluding carboxylic acids is 1. The summed E-state index contributed by atoms with van der Waals surface area (Å²) in [6.45, 7) is 16.3. The summed E-state index contributed by atoms with van der Waals surface area (Å²) in [4.78, 5) is 14.8. The fraction of sp³-hybridized carbons (Fsp3) is 0.486. The van der Waals surface area contributed by atoms with Crippen LogP contribution >= 0.6 is 0 Å². The van der Waals surface area contributed by atoms with Crippen molar-refractivity contribution in [1.82, 2.24) is 0 Å². The van der Waals surface area contributed by atoms with Gasteiger partial charge in [-0.1, -0.05) is 72.3 Å². The van der Waals surface area contributed by atoms with Crippen molar-refractivity contribution in [2.45, 2.75) is 96.3 Å². The van der Waals surface area contributed by atoms with Crippen molar-refractivity contribution in [2.24, 2.45) is 5.92 Å². The number of rotatable bonds is 17. The monoisotopic (exact) mass is 668 g/mol. The number of benzene rings is 2. The first kappa shape index (κ1) is 37.4. The second-order valence-corrected chi connectivity index (χ2v) is 15.3. The van der Waals surface area contributed by atoms with Crippen LogP contribution in [0.1, 0.15) is 91.7 Å². The summed E-state index contributed by atoms with van der Waals surface area (Å²) < 4.78 is 38.8. The van der Waals surface area contributed by atoms with Gasteiger partial charge in [0.2, 0.25) is 11.1 Å². The standard InChI is InChI=1S/C37H52N2O5S2/c1-9-38-32-21-19-28(44-45(8)41)25-30(32)36(4,5)23-15-11-10-14-18-35-37(6,7)31-26-29(46(42)43)20-22-33(31)39(35)24-16-12-13-17-34(40)27(2)3/h10-11,14-15,18-22,25-27,38H,9,12-13,16-17,23-24H2,1-8H3,(H,42,43)/b14-10+,15-11+,35-18+. The van der Waals surface area contributed by atoms with Crippen LogP contribution in [0.3, 0.4) is 0 Å². The number of Topliss-reactive ketones (excluding diaryl/α,β-unsaturated/α-hetero) is 1.